The van der Waals surface area contributed by atoms with E-state index in [1.54, 1.807) is 42.3 Å². The number of nitriles is 1. The molecule has 0 aromatic carbocycles. The molecule has 0 bridgehead atoms. The van der Waals surface area contributed by atoms with Crippen LogP contribution in [0.15, 0.2) is 30.1 Å². The van der Waals surface area contributed by atoms with Crippen LogP contribution < -0.4 is 0 Å². The summed E-state index contributed by atoms with van der Waals surface area (Å²) >= 11 is 0. The molecule has 19 heavy (non-hydrogen) atoms. The molecular weight excluding hydrogens is 244 g/mol. The van der Waals surface area contributed by atoms with E-state index in [0.717, 1.165) is 10.5 Å². The van der Waals surface area contributed by atoms with Crippen LogP contribution in [-0.4, -0.2) is 33.0 Å². The lowest BCUT2D eigenvalue weighted by Crippen LogP contribution is -2.39. The highest BCUT2D eigenvalue weighted by Crippen LogP contribution is 2.12. The van der Waals surface area contributed by atoms with Crippen molar-refractivity contribution >= 4 is 17.9 Å². The monoisotopic (exact) mass is 256 g/mol. The van der Waals surface area contributed by atoms with Gasteiger partial charge in [0, 0.05) is 31.4 Å². The SMILES string of the molecule is Cn1cc(/C=C/C(=O)N2CCC=C(C#N)C2=O)cn1. The molecule has 0 atom stereocenters. The minimum Gasteiger partial charge on any atom is -0.275 e. The molecule has 0 fully saturated rings. The maximum atomic E-state index is 11.9. The van der Waals surface area contributed by atoms with Gasteiger partial charge in [0.1, 0.15) is 11.6 Å². The number of aryl methyl sites for hydroxylation is 1. The summed E-state index contributed by atoms with van der Waals surface area (Å²) < 4.78 is 1.62. The number of rotatable bonds is 2. The van der Waals surface area contributed by atoms with E-state index in [4.69, 9.17) is 5.26 Å². The van der Waals surface area contributed by atoms with E-state index in [1.807, 2.05) is 0 Å². The average molecular weight is 256 g/mol. The zero-order chi connectivity index (χ0) is 13.8. The number of amides is 2. The van der Waals surface area contributed by atoms with Gasteiger partial charge in [-0.15, -0.1) is 0 Å². The van der Waals surface area contributed by atoms with Gasteiger partial charge in [-0.2, -0.15) is 10.4 Å². The van der Waals surface area contributed by atoms with Crippen molar-refractivity contribution in [1.29, 1.82) is 5.26 Å². The quantitative estimate of drug-likeness (QED) is 0.727. The highest BCUT2D eigenvalue weighted by atomic mass is 16.2. The maximum absolute atomic E-state index is 11.9. The van der Waals surface area contributed by atoms with Crippen molar-refractivity contribution in [3.63, 3.8) is 0 Å². The van der Waals surface area contributed by atoms with Crippen LogP contribution in [0.4, 0.5) is 0 Å². The molecule has 1 aromatic heterocycles. The number of carbonyl (C=O) groups excluding carboxylic acids is 2. The smallest absolute Gasteiger partial charge is 0.271 e. The van der Waals surface area contributed by atoms with Crippen molar-refractivity contribution in [2.24, 2.45) is 7.05 Å². The summed E-state index contributed by atoms with van der Waals surface area (Å²) in [6, 6.07) is 1.80. The Morgan fingerprint density at radius 2 is 2.37 bits per heavy atom. The molecule has 0 spiro atoms. The van der Waals surface area contributed by atoms with E-state index in [-0.39, 0.29) is 5.57 Å². The van der Waals surface area contributed by atoms with Crippen LogP contribution in [0.3, 0.4) is 0 Å². The Hall–Kier alpha value is -2.68. The summed E-state index contributed by atoms with van der Waals surface area (Å²) in [6.45, 7) is 0.306. The third kappa shape index (κ3) is 2.77. The van der Waals surface area contributed by atoms with Crippen LogP contribution in [-0.2, 0) is 16.6 Å². The van der Waals surface area contributed by atoms with Crippen LogP contribution >= 0.6 is 0 Å². The molecule has 0 saturated carbocycles. The van der Waals surface area contributed by atoms with Gasteiger partial charge >= 0.3 is 0 Å². The van der Waals surface area contributed by atoms with E-state index in [0.29, 0.717) is 13.0 Å². The van der Waals surface area contributed by atoms with Gasteiger partial charge in [0.25, 0.3) is 11.8 Å². The molecule has 1 aliphatic heterocycles. The molecule has 1 aliphatic rings. The van der Waals surface area contributed by atoms with Gasteiger partial charge in [0.15, 0.2) is 0 Å². The fraction of sp³-hybridized carbons (Fsp3) is 0.231. The second-order valence-corrected chi connectivity index (χ2v) is 4.09. The van der Waals surface area contributed by atoms with Crippen molar-refractivity contribution in [3.05, 3.63) is 35.7 Å². The number of carbonyl (C=O) groups is 2. The zero-order valence-corrected chi connectivity index (χ0v) is 10.4. The first-order chi connectivity index (χ1) is 9.11. The van der Waals surface area contributed by atoms with Crippen LogP contribution in [0.25, 0.3) is 6.08 Å². The lowest BCUT2D eigenvalue weighted by molar-refractivity contribution is -0.139. The second-order valence-electron chi connectivity index (χ2n) is 4.09. The van der Waals surface area contributed by atoms with Crippen molar-refractivity contribution in [2.75, 3.05) is 6.54 Å². The molecular formula is C13H12N4O2. The molecule has 0 aliphatic carbocycles. The Labute approximate surface area is 110 Å². The average Bonchev–Trinajstić information content (AvgIpc) is 2.82. The highest BCUT2D eigenvalue weighted by molar-refractivity contribution is 6.10. The van der Waals surface area contributed by atoms with Crippen molar-refractivity contribution < 1.29 is 9.59 Å². The highest BCUT2D eigenvalue weighted by Gasteiger charge is 2.25. The standard InChI is InChI=1S/C13H12N4O2/c1-16-9-10(8-15-16)4-5-12(18)17-6-2-3-11(7-14)13(17)19/h3-5,8-9H,2,6H2,1H3/b5-4+. The molecule has 1 aromatic rings. The molecule has 2 amide bonds. The van der Waals surface area contributed by atoms with Crippen molar-refractivity contribution in [3.8, 4) is 6.07 Å². The number of aromatic nitrogens is 2. The minimum atomic E-state index is -0.533. The normalized spacial score (nSPS) is 15.5. The van der Waals surface area contributed by atoms with Crippen LogP contribution in [0.2, 0.25) is 0 Å². The van der Waals surface area contributed by atoms with Gasteiger partial charge in [0.2, 0.25) is 0 Å². The lowest BCUT2D eigenvalue weighted by Gasteiger charge is -2.21. The van der Waals surface area contributed by atoms with Crippen molar-refractivity contribution in [1.82, 2.24) is 14.7 Å². The largest absolute Gasteiger partial charge is 0.275 e. The summed E-state index contributed by atoms with van der Waals surface area (Å²) in [4.78, 5) is 24.8. The predicted molar refractivity (Wildman–Crippen MR) is 67.3 cm³/mol. The van der Waals surface area contributed by atoms with Gasteiger partial charge in [-0.05, 0) is 12.5 Å². The number of nitrogens with zero attached hydrogens (tertiary/aromatic N) is 4. The summed E-state index contributed by atoms with van der Waals surface area (Å²) in [5.41, 5.74) is 0.797. The zero-order valence-electron chi connectivity index (χ0n) is 10.4. The van der Waals surface area contributed by atoms with Crippen LogP contribution in [0, 0.1) is 11.3 Å². The second kappa shape index (κ2) is 5.31. The molecule has 2 heterocycles. The Balaban J connectivity index is 2.09. The van der Waals surface area contributed by atoms with E-state index < -0.39 is 11.8 Å². The summed E-state index contributed by atoms with van der Waals surface area (Å²) in [7, 11) is 1.78. The van der Waals surface area contributed by atoms with Gasteiger partial charge in [-0.1, -0.05) is 6.08 Å². The maximum Gasteiger partial charge on any atom is 0.271 e. The molecule has 6 nitrogen and oxygen atoms in total. The van der Waals surface area contributed by atoms with Crippen LogP contribution in [0.5, 0.6) is 0 Å². The van der Waals surface area contributed by atoms with E-state index in [1.165, 1.54) is 6.08 Å². The fourth-order valence-corrected chi connectivity index (χ4v) is 1.76. The molecule has 0 saturated heterocycles. The Bertz CT molecular complexity index is 619. The fourth-order valence-electron chi connectivity index (χ4n) is 1.76. The van der Waals surface area contributed by atoms with Gasteiger partial charge in [-0.3, -0.25) is 19.2 Å². The third-order valence-electron chi connectivity index (χ3n) is 2.71. The Kier molecular flexibility index (Phi) is 3.57. The van der Waals surface area contributed by atoms with Crippen molar-refractivity contribution in [2.45, 2.75) is 6.42 Å². The molecule has 96 valence electrons. The third-order valence-corrected chi connectivity index (χ3v) is 2.71. The lowest BCUT2D eigenvalue weighted by atomic mass is 10.1. The number of hydrogen-bond donors (Lipinski definition) is 0. The van der Waals surface area contributed by atoms with E-state index in [9.17, 15) is 9.59 Å². The van der Waals surface area contributed by atoms with Gasteiger partial charge in [-0.25, -0.2) is 0 Å². The minimum absolute atomic E-state index is 0.0226. The molecule has 0 radical (unpaired) electrons. The summed E-state index contributed by atoms with van der Waals surface area (Å²) in [6.07, 6.45) is 8.34. The first-order valence-electron chi connectivity index (χ1n) is 5.74. The molecule has 0 N–H and O–H groups in total. The number of hydrogen-bond acceptors (Lipinski definition) is 4. The topological polar surface area (TPSA) is 79.0 Å². The molecule has 6 heteroatoms. The van der Waals surface area contributed by atoms with E-state index >= 15 is 0 Å². The number of imide groups is 1. The first-order valence-corrected chi connectivity index (χ1v) is 5.74. The predicted octanol–water partition coefficient (Wildman–Crippen LogP) is 0.642. The Morgan fingerprint density at radius 3 is 3.00 bits per heavy atom. The summed E-state index contributed by atoms with van der Waals surface area (Å²) in [5.74, 6) is -0.954. The Morgan fingerprint density at radius 1 is 1.58 bits per heavy atom. The van der Waals surface area contributed by atoms with Crippen LogP contribution in [0.1, 0.15) is 12.0 Å². The van der Waals surface area contributed by atoms with E-state index in [2.05, 4.69) is 5.10 Å². The molecule has 0 unspecified atom stereocenters. The first kappa shape index (κ1) is 12.8. The van der Waals surface area contributed by atoms with Gasteiger partial charge in [0.05, 0.1) is 6.20 Å². The summed E-state index contributed by atoms with van der Waals surface area (Å²) in [5, 5.41) is 12.7. The van der Waals surface area contributed by atoms with Gasteiger partial charge < -0.3 is 0 Å². The molecule has 2 rings (SSSR count).